The summed E-state index contributed by atoms with van der Waals surface area (Å²) in [4.78, 5) is 1.25. The summed E-state index contributed by atoms with van der Waals surface area (Å²) in [6.07, 6.45) is 2.55. The Morgan fingerprint density at radius 3 is 3.00 bits per heavy atom. The van der Waals surface area contributed by atoms with Crippen LogP contribution in [-0.4, -0.2) is 0 Å². The van der Waals surface area contributed by atoms with E-state index in [1.54, 1.807) is 17.6 Å². The minimum Gasteiger partial charge on any atom is -0.469 e. The van der Waals surface area contributed by atoms with E-state index >= 15 is 0 Å². The highest BCUT2D eigenvalue weighted by molar-refractivity contribution is 7.10. The molecular weight excluding hydrogens is 182 g/mol. The van der Waals surface area contributed by atoms with Gasteiger partial charge < -0.3 is 10.2 Å². The molecule has 2 aromatic heterocycles. The minimum absolute atomic E-state index is 0.619. The van der Waals surface area contributed by atoms with E-state index in [9.17, 15) is 0 Å². The van der Waals surface area contributed by atoms with E-state index in [4.69, 9.17) is 10.2 Å². The van der Waals surface area contributed by atoms with Crippen molar-refractivity contribution < 1.29 is 4.42 Å². The summed E-state index contributed by atoms with van der Waals surface area (Å²) in [6, 6.07) is 6.00. The molecule has 0 radical (unpaired) electrons. The third-order valence-corrected chi connectivity index (χ3v) is 2.95. The highest BCUT2D eigenvalue weighted by atomic mass is 32.1. The van der Waals surface area contributed by atoms with Crippen LogP contribution >= 0.6 is 11.3 Å². The number of hydrogen-bond acceptors (Lipinski definition) is 3. The quantitative estimate of drug-likeness (QED) is 0.813. The molecule has 2 nitrogen and oxygen atoms in total. The molecule has 0 unspecified atom stereocenters. The van der Waals surface area contributed by atoms with E-state index in [1.165, 1.54) is 10.4 Å². The Hall–Kier alpha value is -1.06. The first-order valence-corrected chi connectivity index (χ1v) is 5.06. The predicted octanol–water partition coefficient (Wildman–Crippen LogP) is 2.39. The maximum atomic E-state index is 5.60. The lowest BCUT2D eigenvalue weighted by atomic mass is 10.1. The van der Waals surface area contributed by atoms with Gasteiger partial charge in [-0.05, 0) is 29.1 Å². The van der Waals surface area contributed by atoms with E-state index in [2.05, 4.69) is 11.4 Å². The lowest BCUT2D eigenvalue weighted by Crippen LogP contribution is -1.97. The molecule has 0 saturated carbocycles. The average Bonchev–Trinajstić information content (AvgIpc) is 2.76. The lowest BCUT2D eigenvalue weighted by molar-refractivity contribution is 0.520. The Bertz CT molecular complexity index is 364. The SMILES string of the molecule is NCc1sccc1Cc1ccco1. The summed E-state index contributed by atoms with van der Waals surface area (Å²) in [6.45, 7) is 0.619. The van der Waals surface area contributed by atoms with E-state index < -0.39 is 0 Å². The average molecular weight is 193 g/mol. The van der Waals surface area contributed by atoms with Gasteiger partial charge in [-0.1, -0.05) is 0 Å². The largest absolute Gasteiger partial charge is 0.469 e. The fourth-order valence-electron chi connectivity index (χ4n) is 1.30. The predicted molar refractivity (Wildman–Crippen MR) is 53.7 cm³/mol. The molecule has 0 aliphatic rings. The number of hydrogen-bond donors (Lipinski definition) is 1. The van der Waals surface area contributed by atoms with E-state index in [0.29, 0.717) is 6.54 Å². The fraction of sp³-hybridized carbons (Fsp3) is 0.200. The number of nitrogens with two attached hydrogens (primary N) is 1. The zero-order chi connectivity index (χ0) is 9.10. The van der Waals surface area contributed by atoms with Gasteiger partial charge in [-0.2, -0.15) is 0 Å². The second kappa shape index (κ2) is 3.77. The first kappa shape index (κ1) is 8.53. The van der Waals surface area contributed by atoms with Gasteiger partial charge in [0.2, 0.25) is 0 Å². The molecule has 2 aromatic rings. The van der Waals surface area contributed by atoms with Gasteiger partial charge in [0.05, 0.1) is 6.26 Å². The third-order valence-electron chi connectivity index (χ3n) is 1.97. The van der Waals surface area contributed by atoms with Crippen LogP contribution in [0.4, 0.5) is 0 Å². The second-order valence-corrected chi connectivity index (χ2v) is 3.83. The summed E-state index contributed by atoms with van der Waals surface area (Å²) >= 11 is 1.70. The van der Waals surface area contributed by atoms with E-state index in [0.717, 1.165) is 12.2 Å². The van der Waals surface area contributed by atoms with Crippen LogP contribution in [0.25, 0.3) is 0 Å². The summed E-state index contributed by atoms with van der Waals surface area (Å²) in [7, 11) is 0. The number of rotatable bonds is 3. The van der Waals surface area contributed by atoms with Crippen molar-refractivity contribution in [2.24, 2.45) is 5.73 Å². The molecule has 0 saturated heterocycles. The molecule has 0 bridgehead atoms. The first-order chi connectivity index (χ1) is 6.40. The van der Waals surface area contributed by atoms with Crippen molar-refractivity contribution in [3.8, 4) is 0 Å². The molecule has 3 heteroatoms. The molecule has 0 fully saturated rings. The van der Waals surface area contributed by atoms with Gasteiger partial charge in [0.1, 0.15) is 5.76 Å². The van der Waals surface area contributed by atoms with Crippen molar-refractivity contribution in [3.05, 3.63) is 46.0 Å². The van der Waals surface area contributed by atoms with E-state index in [-0.39, 0.29) is 0 Å². The molecule has 0 amide bonds. The van der Waals surface area contributed by atoms with Crippen molar-refractivity contribution in [2.75, 3.05) is 0 Å². The topological polar surface area (TPSA) is 39.2 Å². The lowest BCUT2D eigenvalue weighted by Gasteiger charge is -1.97. The van der Waals surface area contributed by atoms with Crippen LogP contribution in [0.3, 0.4) is 0 Å². The van der Waals surface area contributed by atoms with Gasteiger partial charge in [-0.25, -0.2) is 0 Å². The van der Waals surface area contributed by atoms with Crippen molar-refractivity contribution in [3.63, 3.8) is 0 Å². The molecule has 0 atom stereocenters. The third kappa shape index (κ3) is 1.82. The molecule has 2 rings (SSSR count). The van der Waals surface area contributed by atoms with Crippen LogP contribution < -0.4 is 5.73 Å². The Balaban J connectivity index is 2.18. The molecule has 68 valence electrons. The molecule has 0 aliphatic carbocycles. The van der Waals surface area contributed by atoms with Crippen molar-refractivity contribution in [2.45, 2.75) is 13.0 Å². The van der Waals surface area contributed by atoms with Crippen molar-refractivity contribution in [1.82, 2.24) is 0 Å². The van der Waals surface area contributed by atoms with Crippen molar-refractivity contribution >= 4 is 11.3 Å². The zero-order valence-corrected chi connectivity index (χ0v) is 8.01. The Labute approximate surface area is 81.0 Å². The Morgan fingerprint density at radius 1 is 1.38 bits per heavy atom. The maximum Gasteiger partial charge on any atom is 0.108 e. The normalized spacial score (nSPS) is 10.5. The van der Waals surface area contributed by atoms with Gasteiger partial charge in [-0.15, -0.1) is 11.3 Å². The van der Waals surface area contributed by atoms with Crippen LogP contribution in [0.1, 0.15) is 16.2 Å². The Morgan fingerprint density at radius 2 is 2.31 bits per heavy atom. The Kier molecular flexibility index (Phi) is 2.47. The highest BCUT2D eigenvalue weighted by Gasteiger charge is 2.04. The molecule has 0 aromatic carbocycles. The summed E-state index contributed by atoms with van der Waals surface area (Å²) < 4.78 is 5.27. The van der Waals surface area contributed by atoms with Gasteiger partial charge in [0.25, 0.3) is 0 Å². The molecule has 2 heterocycles. The molecule has 0 aliphatic heterocycles. The zero-order valence-electron chi connectivity index (χ0n) is 7.19. The van der Waals surface area contributed by atoms with Gasteiger partial charge >= 0.3 is 0 Å². The molecular formula is C10H11NOS. The standard InChI is InChI=1S/C10H11NOS/c11-7-10-8(3-5-13-10)6-9-2-1-4-12-9/h1-5H,6-7,11H2. The van der Waals surface area contributed by atoms with Gasteiger partial charge in [0.15, 0.2) is 0 Å². The van der Waals surface area contributed by atoms with Crippen LogP contribution in [0.15, 0.2) is 34.3 Å². The summed E-state index contributed by atoms with van der Waals surface area (Å²) in [5.74, 6) is 0.994. The number of thiophene rings is 1. The molecule has 0 spiro atoms. The molecule has 2 N–H and O–H groups in total. The van der Waals surface area contributed by atoms with Crippen LogP contribution in [0.2, 0.25) is 0 Å². The van der Waals surface area contributed by atoms with E-state index in [1.807, 2.05) is 12.1 Å². The van der Waals surface area contributed by atoms with Crippen LogP contribution in [-0.2, 0) is 13.0 Å². The van der Waals surface area contributed by atoms with Crippen molar-refractivity contribution in [1.29, 1.82) is 0 Å². The number of furan rings is 1. The van der Waals surface area contributed by atoms with Crippen LogP contribution in [0, 0.1) is 0 Å². The first-order valence-electron chi connectivity index (χ1n) is 4.18. The van der Waals surface area contributed by atoms with Gasteiger partial charge in [-0.3, -0.25) is 0 Å². The summed E-state index contributed by atoms with van der Waals surface area (Å²) in [5.41, 5.74) is 6.88. The summed E-state index contributed by atoms with van der Waals surface area (Å²) in [5, 5.41) is 2.07. The highest BCUT2D eigenvalue weighted by Crippen LogP contribution is 2.19. The maximum absolute atomic E-state index is 5.60. The minimum atomic E-state index is 0.619. The fourth-order valence-corrected chi connectivity index (χ4v) is 2.09. The monoisotopic (exact) mass is 193 g/mol. The smallest absolute Gasteiger partial charge is 0.108 e. The molecule has 13 heavy (non-hydrogen) atoms. The van der Waals surface area contributed by atoms with Gasteiger partial charge in [0, 0.05) is 17.8 Å². The second-order valence-electron chi connectivity index (χ2n) is 2.83. The van der Waals surface area contributed by atoms with Crippen LogP contribution in [0.5, 0.6) is 0 Å².